The monoisotopic (exact) mass is 260 g/mol. The van der Waals surface area contributed by atoms with Crippen molar-refractivity contribution < 1.29 is 4.79 Å². The van der Waals surface area contributed by atoms with Crippen LogP contribution in [0.3, 0.4) is 0 Å². The average Bonchev–Trinajstić information content (AvgIpc) is 2.42. The molecule has 0 spiro atoms. The average molecular weight is 260 g/mol. The van der Waals surface area contributed by atoms with Crippen molar-refractivity contribution in [3.8, 4) is 0 Å². The molecule has 1 atom stereocenters. The van der Waals surface area contributed by atoms with Crippen LogP contribution in [0.4, 0.5) is 0 Å². The molecule has 0 fully saturated rings. The van der Waals surface area contributed by atoms with Crippen molar-refractivity contribution in [1.82, 2.24) is 0 Å². The summed E-state index contributed by atoms with van der Waals surface area (Å²) in [5.74, 6) is 1.04. The van der Waals surface area contributed by atoms with Crippen molar-refractivity contribution >= 4 is 5.78 Å². The van der Waals surface area contributed by atoms with E-state index in [4.69, 9.17) is 0 Å². The van der Waals surface area contributed by atoms with E-state index in [9.17, 15) is 4.79 Å². The minimum Gasteiger partial charge on any atom is -0.300 e. The van der Waals surface area contributed by atoms with Gasteiger partial charge >= 0.3 is 0 Å². The van der Waals surface area contributed by atoms with Gasteiger partial charge in [0.05, 0.1) is 0 Å². The molecule has 1 nitrogen and oxygen atoms in total. The first-order valence-corrected chi connectivity index (χ1v) is 7.73. The zero-order valence-electron chi connectivity index (χ0n) is 12.7. The molecular weight excluding hydrogens is 232 g/mol. The van der Waals surface area contributed by atoms with Gasteiger partial charge in [0.15, 0.2) is 0 Å². The Kier molecular flexibility index (Phi) is 7.47. The summed E-state index contributed by atoms with van der Waals surface area (Å²) in [6.45, 7) is 6.51. The van der Waals surface area contributed by atoms with Crippen molar-refractivity contribution in [2.45, 2.75) is 65.7 Å². The summed E-state index contributed by atoms with van der Waals surface area (Å²) in [7, 11) is 0. The van der Waals surface area contributed by atoms with Gasteiger partial charge in [0, 0.05) is 12.8 Å². The summed E-state index contributed by atoms with van der Waals surface area (Å²) < 4.78 is 0. The molecule has 106 valence electrons. The second-order valence-corrected chi connectivity index (χ2v) is 5.64. The molecule has 1 aromatic carbocycles. The van der Waals surface area contributed by atoms with Gasteiger partial charge in [0.25, 0.3) is 0 Å². The third-order valence-corrected chi connectivity index (χ3v) is 3.87. The normalized spacial score (nSPS) is 12.4. The number of hydrogen-bond donors (Lipinski definition) is 0. The zero-order chi connectivity index (χ0) is 14.1. The predicted molar refractivity (Wildman–Crippen MR) is 82.4 cm³/mol. The van der Waals surface area contributed by atoms with Gasteiger partial charge in [-0.1, -0.05) is 69.4 Å². The van der Waals surface area contributed by atoms with E-state index >= 15 is 0 Å². The number of hydrogen-bond acceptors (Lipinski definition) is 1. The first-order chi connectivity index (χ1) is 9.15. The first-order valence-electron chi connectivity index (χ1n) is 7.73. The molecule has 0 heterocycles. The highest BCUT2D eigenvalue weighted by atomic mass is 16.1. The maximum absolute atomic E-state index is 12.0. The van der Waals surface area contributed by atoms with Crippen LogP contribution in [0.25, 0.3) is 0 Å². The second-order valence-electron chi connectivity index (χ2n) is 5.64. The Balaban J connectivity index is 2.32. The number of carbonyl (C=O) groups is 1. The molecule has 0 amide bonds. The van der Waals surface area contributed by atoms with E-state index in [0.717, 1.165) is 19.3 Å². The molecule has 19 heavy (non-hydrogen) atoms. The number of aryl methyl sites for hydroxylation is 2. The van der Waals surface area contributed by atoms with Gasteiger partial charge < -0.3 is 0 Å². The maximum atomic E-state index is 12.0. The van der Waals surface area contributed by atoms with Crippen LogP contribution in [-0.4, -0.2) is 5.78 Å². The zero-order valence-corrected chi connectivity index (χ0v) is 12.7. The smallest absolute Gasteiger partial charge is 0.133 e. The lowest BCUT2D eigenvalue weighted by molar-refractivity contribution is -0.120. The van der Waals surface area contributed by atoms with Crippen LogP contribution in [0, 0.1) is 12.8 Å². The lowest BCUT2D eigenvalue weighted by Crippen LogP contribution is -2.09. The molecule has 0 radical (unpaired) electrons. The number of unbranched alkanes of at least 4 members (excludes halogenated alkanes) is 1. The fourth-order valence-electron chi connectivity index (χ4n) is 2.41. The molecule has 1 aromatic rings. The van der Waals surface area contributed by atoms with Crippen molar-refractivity contribution in [3.05, 3.63) is 35.4 Å². The SMILES string of the molecule is CCCCC(CC)CC(=O)CCc1ccc(C)cc1. The summed E-state index contributed by atoms with van der Waals surface area (Å²) >= 11 is 0. The van der Waals surface area contributed by atoms with Gasteiger partial charge in [-0.2, -0.15) is 0 Å². The number of ketones is 1. The maximum Gasteiger partial charge on any atom is 0.133 e. The predicted octanol–water partition coefficient (Wildman–Crippen LogP) is 5.10. The van der Waals surface area contributed by atoms with Gasteiger partial charge in [-0.25, -0.2) is 0 Å². The lowest BCUT2D eigenvalue weighted by atomic mass is 9.92. The summed E-state index contributed by atoms with van der Waals surface area (Å²) in [5, 5.41) is 0. The summed E-state index contributed by atoms with van der Waals surface area (Å²) in [4.78, 5) is 12.0. The van der Waals surface area contributed by atoms with Gasteiger partial charge in [-0.3, -0.25) is 4.79 Å². The molecule has 0 aliphatic carbocycles. The molecule has 0 saturated carbocycles. The minimum atomic E-state index is 0.434. The highest BCUT2D eigenvalue weighted by Gasteiger charge is 2.11. The Hall–Kier alpha value is -1.11. The van der Waals surface area contributed by atoms with Crippen molar-refractivity contribution in [1.29, 1.82) is 0 Å². The Morgan fingerprint density at radius 3 is 2.42 bits per heavy atom. The molecular formula is C18H28O. The minimum absolute atomic E-state index is 0.434. The van der Waals surface area contributed by atoms with E-state index in [1.165, 1.54) is 30.4 Å². The number of benzene rings is 1. The topological polar surface area (TPSA) is 17.1 Å². The van der Waals surface area contributed by atoms with Crippen molar-refractivity contribution in [2.75, 3.05) is 0 Å². The Morgan fingerprint density at radius 2 is 1.84 bits per heavy atom. The summed E-state index contributed by atoms with van der Waals surface area (Å²) in [6.07, 6.45) is 7.20. The quantitative estimate of drug-likeness (QED) is 0.603. The van der Waals surface area contributed by atoms with Gasteiger partial charge in [0.2, 0.25) is 0 Å². The van der Waals surface area contributed by atoms with E-state index < -0.39 is 0 Å². The van der Waals surface area contributed by atoms with E-state index in [2.05, 4.69) is 45.0 Å². The van der Waals surface area contributed by atoms with E-state index in [1.54, 1.807) is 0 Å². The lowest BCUT2D eigenvalue weighted by Gasteiger charge is -2.13. The first kappa shape index (κ1) is 15.9. The van der Waals surface area contributed by atoms with Crippen LogP contribution in [0.5, 0.6) is 0 Å². The highest BCUT2D eigenvalue weighted by Crippen LogP contribution is 2.18. The largest absolute Gasteiger partial charge is 0.300 e. The fourth-order valence-corrected chi connectivity index (χ4v) is 2.41. The molecule has 0 aromatic heterocycles. The summed E-state index contributed by atoms with van der Waals surface area (Å²) in [5.41, 5.74) is 2.56. The molecule has 0 aliphatic heterocycles. The van der Waals surface area contributed by atoms with Crippen LogP contribution < -0.4 is 0 Å². The number of rotatable bonds is 9. The van der Waals surface area contributed by atoms with Gasteiger partial charge in [0.1, 0.15) is 5.78 Å². The van der Waals surface area contributed by atoms with Crippen LogP contribution >= 0.6 is 0 Å². The fraction of sp³-hybridized carbons (Fsp3) is 0.611. The summed E-state index contributed by atoms with van der Waals surface area (Å²) in [6, 6.07) is 8.51. The molecule has 0 N–H and O–H groups in total. The van der Waals surface area contributed by atoms with Crippen LogP contribution in [0.15, 0.2) is 24.3 Å². The Labute approximate surface area is 118 Å². The van der Waals surface area contributed by atoms with Gasteiger partial charge in [-0.05, 0) is 24.8 Å². The van der Waals surface area contributed by atoms with E-state index in [-0.39, 0.29) is 0 Å². The molecule has 1 unspecified atom stereocenters. The van der Waals surface area contributed by atoms with Crippen molar-refractivity contribution in [3.63, 3.8) is 0 Å². The molecule has 0 aliphatic rings. The standard InChI is InChI=1S/C18H28O/c1-4-6-7-16(5-2)14-18(19)13-12-17-10-8-15(3)9-11-17/h8-11,16H,4-7,12-14H2,1-3H3. The van der Waals surface area contributed by atoms with Gasteiger partial charge in [-0.15, -0.1) is 0 Å². The van der Waals surface area contributed by atoms with Crippen LogP contribution in [0.1, 0.15) is 63.5 Å². The molecule has 1 rings (SSSR count). The molecule has 0 saturated heterocycles. The Morgan fingerprint density at radius 1 is 1.16 bits per heavy atom. The Bertz CT molecular complexity index is 364. The van der Waals surface area contributed by atoms with E-state index in [0.29, 0.717) is 18.1 Å². The van der Waals surface area contributed by atoms with Crippen molar-refractivity contribution in [2.24, 2.45) is 5.92 Å². The third kappa shape index (κ3) is 6.56. The number of carbonyl (C=O) groups excluding carboxylic acids is 1. The number of Topliss-reactive ketones (excluding diaryl/α,β-unsaturated/α-hetero) is 1. The van der Waals surface area contributed by atoms with Crippen LogP contribution in [0.2, 0.25) is 0 Å². The van der Waals surface area contributed by atoms with E-state index in [1.807, 2.05) is 0 Å². The highest BCUT2D eigenvalue weighted by molar-refractivity contribution is 5.78. The second kappa shape index (κ2) is 8.90. The molecule has 1 heteroatoms. The third-order valence-electron chi connectivity index (χ3n) is 3.87. The molecule has 0 bridgehead atoms. The van der Waals surface area contributed by atoms with Crippen LogP contribution in [-0.2, 0) is 11.2 Å².